The third-order valence-electron chi connectivity index (χ3n) is 6.24. The number of phenolic OH excluding ortho intramolecular Hbond substituents is 1. The molecule has 0 unspecified atom stereocenters. The van der Waals surface area contributed by atoms with Gasteiger partial charge in [0.15, 0.2) is 0 Å². The van der Waals surface area contributed by atoms with Crippen LogP contribution < -0.4 is 11.1 Å². The second-order valence-electron chi connectivity index (χ2n) is 8.40. The summed E-state index contributed by atoms with van der Waals surface area (Å²) in [5.74, 6) is 0.933. The number of aromatic hydroxyl groups is 1. The Labute approximate surface area is 165 Å². The van der Waals surface area contributed by atoms with Gasteiger partial charge in [0.05, 0.1) is 5.52 Å². The van der Waals surface area contributed by atoms with Crippen molar-refractivity contribution in [2.75, 3.05) is 5.32 Å². The largest absolute Gasteiger partial charge is 0.508 e. The molecule has 5 rings (SSSR count). The molecule has 0 amide bonds. The molecule has 4 N–H and O–H groups in total. The van der Waals surface area contributed by atoms with Crippen LogP contribution in [0, 0.1) is 0 Å². The normalized spacial score (nSPS) is 22.3. The highest BCUT2D eigenvalue weighted by Crippen LogP contribution is 2.46. The summed E-state index contributed by atoms with van der Waals surface area (Å²) in [5.41, 5.74) is 12.0. The van der Waals surface area contributed by atoms with Crippen molar-refractivity contribution in [3.8, 4) is 16.9 Å². The molecular weight excluding hydrogens is 346 g/mol. The molecule has 0 atom stereocenters. The SMILES string of the molecule is N[C@H]1CC[C@H](Nc2c(C3CC3)cnc3ccc(-c4ccc(O)cc4)cc23)CC1. The first-order valence-electron chi connectivity index (χ1n) is 10.4. The van der Waals surface area contributed by atoms with Gasteiger partial charge in [-0.15, -0.1) is 0 Å². The molecule has 2 fully saturated rings. The number of hydrogen-bond acceptors (Lipinski definition) is 4. The molecule has 4 heteroatoms. The fraction of sp³-hybridized carbons (Fsp3) is 0.375. The summed E-state index contributed by atoms with van der Waals surface area (Å²) in [6, 6.07) is 14.7. The summed E-state index contributed by atoms with van der Waals surface area (Å²) < 4.78 is 0. The third kappa shape index (κ3) is 3.45. The van der Waals surface area contributed by atoms with Crippen molar-refractivity contribution in [1.82, 2.24) is 4.98 Å². The van der Waals surface area contributed by atoms with Gasteiger partial charge in [0.25, 0.3) is 0 Å². The highest BCUT2D eigenvalue weighted by atomic mass is 16.3. The summed E-state index contributed by atoms with van der Waals surface area (Å²) in [6.45, 7) is 0. The van der Waals surface area contributed by atoms with Crippen molar-refractivity contribution in [1.29, 1.82) is 0 Å². The van der Waals surface area contributed by atoms with Crippen molar-refractivity contribution in [3.05, 3.63) is 54.2 Å². The Balaban J connectivity index is 1.57. The zero-order valence-electron chi connectivity index (χ0n) is 16.1. The Bertz CT molecular complexity index is 987. The summed E-state index contributed by atoms with van der Waals surface area (Å²) >= 11 is 0. The lowest BCUT2D eigenvalue weighted by Crippen LogP contribution is -2.33. The maximum absolute atomic E-state index is 9.60. The van der Waals surface area contributed by atoms with E-state index < -0.39 is 0 Å². The lowest BCUT2D eigenvalue weighted by molar-refractivity contribution is 0.411. The molecule has 0 radical (unpaired) electrons. The lowest BCUT2D eigenvalue weighted by Gasteiger charge is -2.29. The fourth-order valence-electron chi connectivity index (χ4n) is 4.37. The van der Waals surface area contributed by atoms with Gasteiger partial charge in [-0.1, -0.05) is 18.2 Å². The molecule has 2 aliphatic carbocycles. The smallest absolute Gasteiger partial charge is 0.115 e. The molecular formula is C24H27N3O. The van der Waals surface area contributed by atoms with E-state index in [0.29, 0.717) is 23.8 Å². The van der Waals surface area contributed by atoms with Gasteiger partial charge in [0.2, 0.25) is 0 Å². The Kier molecular flexibility index (Phi) is 4.44. The number of anilines is 1. The van der Waals surface area contributed by atoms with E-state index in [4.69, 9.17) is 10.7 Å². The summed E-state index contributed by atoms with van der Waals surface area (Å²) in [6.07, 6.45) is 9.05. The van der Waals surface area contributed by atoms with E-state index in [9.17, 15) is 5.11 Å². The van der Waals surface area contributed by atoms with Gasteiger partial charge in [-0.3, -0.25) is 4.98 Å². The van der Waals surface area contributed by atoms with Gasteiger partial charge in [0.1, 0.15) is 5.75 Å². The average Bonchev–Trinajstić information content (AvgIpc) is 3.55. The van der Waals surface area contributed by atoms with Gasteiger partial charge >= 0.3 is 0 Å². The van der Waals surface area contributed by atoms with Gasteiger partial charge in [-0.25, -0.2) is 0 Å². The molecule has 1 heterocycles. The third-order valence-corrected chi connectivity index (χ3v) is 6.24. The van der Waals surface area contributed by atoms with Crippen LogP contribution in [-0.4, -0.2) is 22.2 Å². The van der Waals surface area contributed by atoms with Crippen molar-refractivity contribution in [2.24, 2.45) is 5.73 Å². The molecule has 0 aliphatic heterocycles. The molecule has 4 nitrogen and oxygen atoms in total. The minimum absolute atomic E-state index is 0.292. The van der Waals surface area contributed by atoms with Crippen molar-refractivity contribution < 1.29 is 5.11 Å². The number of nitrogens with one attached hydrogen (secondary N) is 1. The first kappa shape index (κ1) is 17.5. The molecule has 2 aliphatic rings. The monoisotopic (exact) mass is 373 g/mol. The number of nitrogens with zero attached hydrogens (tertiary/aromatic N) is 1. The van der Waals surface area contributed by atoms with Crippen LogP contribution in [0.3, 0.4) is 0 Å². The van der Waals surface area contributed by atoms with Crippen LogP contribution in [0.2, 0.25) is 0 Å². The summed E-state index contributed by atoms with van der Waals surface area (Å²) in [4.78, 5) is 4.76. The average molecular weight is 374 g/mol. The van der Waals surface area contributed by atoms with E-state index >= 15 is 0 Å². The number of fused-ring (bicyclic) bond motifs is 1. The molecule has 0 bridgehead atoms. The van der Waals surface area contributed by atoms with E-state index in [1.54, 1.807) is 12.1 Å². The van der Waals surface area contributed by atoms with Crippen LogP contribution in [0.25, 0.3) is 22.0 Å². The minimum Gasteiger partial charge on any atom is -0.508 e. The molecule has 144 valence electrons. The van der Waals surface area contributed by atoms with Gasteiger partial charge in [-0.05, 0) is 85.4 Å². The molecule has 0 spiro atoms. The second-order valence-corrected chi connectivity index (χ2v) is 8.40. The first-order valence-corrected chi connectivity index (χ1v) is 10.4. The van der Waals surface area contributed by atoms with E-state index in [1.165, 1.54) is 29.5 Å². The van der Waals surface area contributed by atoms with Crippen LogP contribution in [0.5, 0.6) is 5.75 Å². The van der Waals surface area contributed by atoms with Gasteiger partial charge in [0, 0.05) is 29.4 Å². The van der Waals surface area contributed by atoms with Crippen LogP contribution in [0.15, 0.2) is 48.7 Å². The highest BCUT2D eigenvalue weighted by molar-refractivity contribution is 5.96. The summed E-state index contributed by atoms with van der Waals surface area (Å²) in [7, 11) is 0. The van der Waals surface area contributed by atoms with Crippen LogP contribution >= 0.6 is 0 Å². The van der Waals surface area contributed by atoms with E-state index in [0.717, 1.165) is 42.3 Å². The van der Waals surface area contributed by atoms with Crippen molar-refractivity contribution >= 4 is 16.6 Å². The lowest BCUT2D eigenvalue weighted by atomic mass is 9.91. The Morgan fingerprint density at radius 1 is 0.893 bits per heavy atom. The highest BCUT2D eigenvalue weighted by Gasteiger charge is 2.29. The van der Waals surface area contributed by atoms with Crippen molar-refractivity contribution in [3.63, 3.8) is 0 Å². The number of aromatic nitrogens is 1. The molecule has 0 saturated heterocycles. The molecule has 2 saturated carbocycles. The quantitative estimate of drug-likeness (QED) is 0.590. The predicted molar refractivity (Wildman–Crippen MR) is 115 cm³/mol. The second kappa shape index (κ2) is 7.10. The maximum atomic E-state index is 9.60. The Morgan fingerprint density at radius 3 is 2.32 bits per heavy atom. The topological polar surface area (TPSA) is 71.2 Å². The predicted octanol–water partition coefficient (Wildman–Crippen LogP) is 5.17. The van der Waals surface area contributed by atoms with E-state index in [1.807, 2.05) is 12.1 Å². The number of hydrogen-bond donors (Lipinski definition) is 3. The number of phenols is 1. The number of nitrogens with two attached hydrogens (primary N) is 1. The first-order chi connectivity index (χ1) is 13.7. The number of pyridine rings is 1. The van der Waals surface area contributed by atoms with Crippen LogP contribution in [-0.2, 0) is 0 Å². The fourth-order valence-corrected chi connectivity index (χ4v) is 4.37. The summed E-state index contributed by atoms with van der Waals surface area (Å²) in [5, 5.41) is 14.7. The molecule has 28 heavy (non-hydrogen) atoms. The Hall–Kier alpha value is -2.59. The van der Waals surface area contributed by atoms with E-state index in [2.05, 4.69) is 29.7 Å². The molecule has 3 aromatic rings. The van der Waals surface area contributed by atoms with E-state index in [-0.39, 0.29) is 0 Å². The van der Waals surface area contributed by atoms with Crippen LogP contribution in [0.1, 0.15) is 50.0 Å². The zero-order chi connectivity index (χ0) is 19.1. The molecule has 1 aromatic heterocycles. The minimum atomic E-state index is 0.292. The maximum Gasteiger partial charge on any atom is 0.115 e. The number of benzene rings is 2. The van der Waals surface area contributed by atoms with Gasteiger partial charge < -0.3 is 16.2 Å². The van der Waals surface area contributed by atoms with Crippen molar-refractivity contribution in [2.45, 2.75) is 56.5 Å². The van der Waals surface area contributed by atoms with Gasteiger partial charge in [-0.2, -0.15) is 0 Å². The molecule has 2 aromatic carbocycles. The zero-order valence-corrected chi connectivity index (χ0v) is 16.1. The Morgan fingerprint density at radius 2 is 1.61 bits per heavy atom. The standard InChI is InChI=1S/C24H27N3O/c25-18-6-8-19(9-7-18)27-24-21-13-17(15-3-10-20(28)11-4-15)5-12-23(21)26-14-22(24)16-1-2-16/h3-5,10-14,16,18-19,28H,1-2,6-9,25H2,(H,26,27)/t18-,19-. The van der Waals surface area contributed by atoms with Crippen LogP contribution in [0.4, 0.5) is 5.69 Å². The number of rotatable bonds is 4.